The van der Waals surface area contributed by atoms with Crippen LogP contribution >= 0.6 is 0 Å². The third-order valence-electron chi connectivity index (χ3n) is 6.19. The second kappa shape index (κ2) is 8.34. The molecular weight excluding hydrogens is 383 g/mol. The molecular formula is C21H28F3N3O2. The van der Waals surface area contributed by atoms with E-state index in [4.69, 9.17) is 5.73 Å². The molecule has 1 aliphatic heterocycles. The molecule has 2 aliphatic rings. The smallest absolute Gasteiger partial charge is 0.369 e. The highest BCUT2D eigenvalue weighted by Crippen LogP contribution is 2.46. The van der Waals surface area contributed by atoms with Crippen molar-refractivity contribution in [2.24, 2.45) is 17.1 Å². The minimum absolute atomic E-state index is 0.169. The van der Waals surface area contributed by atoms with Crippen molar-refractivity contribution in [3.8, 4) is 0 Å². The van der Waals surface area contributed by atoms with Gasteiger partial charge < -0.3 is 15.5 Å². The first-order valence-electron chi connectivity index (χ1n) is 10.1. The lowest BCUT2D eigenvalue weighted by Gasteiger charge is -2.34. The Hall–Kier alpha value is -2.09. The molecule has 1 aromatic carbocycles. The molecule has 2 N–H and O–H groups in total. The Labute approximate surface area is 169 Å². The highest BCUT2D eigenvalue weighted by molar-refractivity contribution is 6.07. The summed E-state index contributed by atoms with van der Waals surface area (Å²) in [6, 6.07) is 5.50. The molecule has 0 radical (unpaired) electrons. The molecule has 160 valence electrons. The van der Waals surface area contributed by atoms with Gasteiger partial charge in [0.1, 0.15) is 5.41 Å². The van der Waals surface area contributed by atoms with Crippen LogP contribution in [0.4, 0.5) is 13.2 Å². The summed E-state index contributed by atoms with van der Waals surface area (Å²) in [5, 5.41) is 0. The standard InChI is InChI=1S/C21H28F3N3O2/c1-26(19(29)20(8-9-20)18(25)28)14-16-6-11-27(12-7-16)10-5-15-3-2-4-17(13-15)21(22,23)24/h2-4,13,16H,5-12,14H2,1H3,(H2,25,28). The van der Waals surface area contributed by atoms with E-state index in [9.17, 15) is 22.8 Å². The summed E-state index contributed by atoms with van der Waals surface area (Å²) in [6.45, 7) is 3.03. The zero-order chi connectivity index (χ0) is 21.2. The number of rotatable bonds is 7. The van der Waals surface area contributed by atoms with Gasteiger partial charge in [0.05, 0.1) is 5.56 Å². The first-order valence-corrected chi connectivity index (χ1v) is 10.1. The first-order chi connectivity index (χ1) is 13.6. The molecule has 0 aromatic heterocycles. The number of piperidine rings is 1. The van der Waals surface area contributed by atoms with Crippen molar-refractivity contribution in [3.05, 3.63) is 35.4 Å². The van der Waals surface area contributed by atoms with Crippen molar-refractivity contribution in [1.82, 2.24) is 9.80 Å². The van der Waals surface area contributed by atoms with E-state index < -0.39 is 23.1 Å². The van der Waals surface area contributed by atoms with Crippen LogP contribution in [0.25, 0.3) is 0 Å². The molecule has 0 bridgehead atoms. The second-order valence-electron chi connectivity index (χ2n) is 8.37. The first kappa shape index (κ1) is 21.6. The highest BCUT2D eigenvalue weighted by Gasteiger charge is 2.56. The molecule has 2 amide bonds. The molecule has 0 atom stereocenters. The molecule has 1 heterocycles. The van der Waals surface area contributed by atoms with E-state index in [2.05, 4.69) is 4.90 Å². The molecule has 0 spiro atoms. The Balaban J connectivity index is 1.43. The van der Waals surface area contributed by atoms with E-state index in [0.717, 1.165) is 32.0 Å². The Morgan fingerprint density at radius 3 is 2.45 bits per heavy atom. The number of alkyl halides is 3. The van der Waals surface area contributed by atoms with Crippen LogP contribution in [-0.2, 0) is 22.2 Å². The van der Waals surface area contributed by atoms with Crippen molar-refractivity contribution >= 4 is 11.8 Å². The largest absolute Gasteiger partial charge is 0.416 e. The Kier molecular flexibility index (Phi) is 6.22. The van der Waals surface area contributed by atoms with Gasteiger partial charge in [-0.15, -0.1) is 0 Å². The van der Waals surface area contributed by atoms with Crippen LogP contribution in [0.15, 0.2) is 24.3 Å². The van der Waals surface area contributed by atoms with Crippen LogP contribution in [-0.4, -0.2) is 54.8 Å². The van der Waals surface area contributed by atoms with Crippen LogP contribution in [0.5, 0.6) is 0 Å². The van der Waals surface area contributed by atoms with Crippen molar-refractivity contribution in [1.29, 1.82) is 0 Å². The van der Waals surface area contributed by atoms with Crippen molar-refractivity contribution in [2.45, 2.75) is 38.3 Å². The number of amides is 2. The quantitative estimate of drug-likeness (QED) is 0.702. The number of nitrogens with two attached hydrogens (primary N) is 1. The van der Waals surface area contributed by atoms with Gasteiger partial charge in [0.15, 0.2) is 0 Å². The number of hydrogen-bond acceptors (Lipinski definition) is 3. The van der Waals surface area contributed by atoms with Gasteiger partial charge in [0.2, 0.25) is 11.8 Å². The van der Waals surface area contributed by atoms with Gasteiger partial charge in [0.25, 0.3) is 0 Å². The summed E-state index contributed by atoms with van der Waals surface area (Å²) in [5.74, 6) is -0.340. The fourth-order valence-electron chi connectivity index (χ4n) is 4.11. The number of benzene rings is 1. The molecule has 29 heavy (non-hydrogen) atoms. The molecule has 1 aliphatic carbocycles. The topological polar surface area (TPSA) is 66.6 Å². The zero-order valence-corrected chi connectivity index (χ0v) is 16.7. The number of primary amides is 1. The predicted molar refractivity (Wildman–Crippen MR) is 103 cm³/mol. The van der Waals surface area contributed by atoms with Crippen LogP contribution in [0.1, 0.15) is 36.8 Å². The number of likely N-dealkylation sites (tertiary alicyclic amines) is 1. The SMILES string of the molecule is CN(CC1CCN(CCc2cccc(C(F)(F)F)c2)CC1)C(=O)C1(C(N)=O)CC1. The van der Waals surface area contributed by atoms with E-state index in [-0.39, 0.29) is 5.91 Å². The Bertz CT molecular complexity index is 754. The summed E-state index contributed by atoms with van der Waals surface area (Å²) in [6.07, 6.45) is -0.813. The average molecular weight is 411 g/mol. The fraction of sp³-hybridized carbons (Fsp3) is 0.619. The Morgan fingerprint density at radius 1 is 1.24 bits per heavy atom. The maximum absolute atomic E-state index is 12.8. The molecule has 8 heteroatoms. The summed E-state index contributed by atoms with van der Waals surface area (Å²) < 4.78 is 38.5. The van der Waals surface area contributed by atoms with Gasteiger partial charge in [-0.1, -0.05) is 18.2 Å². The van der Waals surface area contributed by atoms with Crippen LogP contribution in [0.2, 0.25) is 0 Å². The minimum atomic E-state index is -4.31. The molecule has 1 saturated carbocycles. The summed E-state index contributed by atoms with van der Waals surface area (Å²) in [5.41, 5.74) is 4.49. The van der Waals surface area contributed by atoms with E-state index in [1.165, 1.54) is 12.1 Å². The van der Waals surface area contributed by atoms with Crippen LogP contribution in [0.3, 0.4) is 0 Å². The van der Waals surface area contributed by atoms with E-state index in [1.54, 1.807) is 18.0 Å². The number of carbonyl (C=O) groups excluding carboxylic acids is 2. The van der Waals surface area contributed by atoms with Gasteiger partial charge in [-0.25, -0.2) is 0 Å². The number of carbonyl (C=O) groups is 2. The lowest BCUT2D eigenvalue weighted by molar-refractivity contribution is -0.142. The number of hydrogen-bond donors (Lipinski definition) is 1. The predicted octanol–water partition coefficient (Wildman–Crippen LogP) is 2.68. The fourth-order valence-corrected chi connectivity index (χ4v) is 4.11. The summed E-state index contributed by atoms with van der Waals surface area (Å²) in [4.78, 5) is 27.9. The molecule has 2 fully saturated rings. The average Bonchev–Trinajstić information content (AvgIpc) is 3.48. The minimum Gasteiger partial charge on any atom is -0.369 e. The lowest BCUT2D eigenvalue weighted by Crippen LogP contribution is -2.45. The second-order valence-corrected chi connectivity index (χ2v) is 8.37. The summed E-state index contributed by atoms with van der Waals surface area (Å²) in [7, 11) is 1.73. The molecule has 5 nitrogen and oxygen atoms in total. The van der Waals surface area contributed by atoms with Gasteiger partial charge in [-0.2, -0.15) is 13.2 Å². The Morgan fingerprint density at radius 2 is 1.90 bits per heavy atom. The van der Waals surface area contributed by atoms with Gasteiger partial charge >= 0.3 is 6.18 Å². The maximum Gasteiger partial charge on any atom is 0.416 e. The van der Waals surface area contributed by atoms with Gasteiger partial charge in [-0.05, 0) is 62.7 Å². The highest BCUT2D eigenvalue weighted by atomic mass is 19.4. The van der Waals surface area contributed by atoms with Crippen molar-refractivity contribution in [2.75, 3.05) is 33.2 Å². The third-order valence-corrected chi connectivity index (χ3v) is 6.19. The molecule has 1 aromatic rings. The zero-order valence-electron chi connectivity index (χ0n) is 16.7. The summed E-state index contributed by atoms with van der Waals surface area (Å²) >= 11 is 0. The maximum atomic E-state index is 12.8. The van der Waals surface area contributed by atoms with E-state index in [1.807, 2.05) is 0 Å². The normalized spacial score (nSPS) is 19.7. The van der Waals surface area contributed by atoms with Crippen LogP contribution in [0, 0.1) is 11.3 Å². The third kappa shape index (κ3) is 5.10. The monoisotopic (exact) mass is 411 g/mol. The lowest BCUT2D eigenvalue weighted by atomic mass is 9.95. The van der Waals surface area contributed by atoms with Crippen molar-refractivity contribution in [3.63, 3.8) is 0 Å². The van der Waals surface area contributed by atoms with E-state index in [0.29, 0.717) is 43.8 Å². The number of halogens is 3. The number of nitrogens with zero attached hydrogens (tertiary/aromatic N) is 2. The van der Waals surface area contributed by atoms with Gasteiger partial charge in [0, 0.05) is 20.1 Å². The van der Waals surface area contributed by atoms with Gasteiger partial charge in [-0.3, -0.25) is 9.59 Å². The molecule has 0 unspecified atom stereocenters. The molecule has 1 saturated heterocycles. The van der Waals surface area contributed by atoms with E-state index >= 15 is 0 Å². The van der Waals surface area contributed by atoms with Crippen LogP contribution < -0.4 is 5.73 Å². The van der Waals surface area contributed by atoms with Crippen molar-refractivity contribution < 1.29 is 22.8 Å². The molecule has 3 rings (SSSR count).